The first kappa shape index (κ1) is 23.5. The highest BCUT2D eigenvalue weighted by Crippen LogP contribution is 2.31. The summed E-state index contributed by atoms with van der Waals surface area (Å²) in [6.45, 7) is 8.91. The van der Waals surface area contributed by atoms with Gasteiger partial charge in [0.15, 0.2) is 6.10 Å². The summed E-state index contributed by atoms with van der Waals surface area (Å²) in [5, 5.41) is 0. The molecule has 1 atom stereocenters. The first-order valence-electron chi connectivity index (χ1n) is 11.5. The lowest BCUT2D eigenvalue weighted by Crippen LogP contribution is -2.52. The van der Waals surface area contributed by atoms with Gasteiger partial charge in [-0.05, 0) is 55.2 Å². The molecule has 0 aromatic heterocycles. The Kier molecular flexibility index (Phi) is 7.51. The van der Waals surface area contributed by atoms with E-state index in [-0.39, 0.29) is 11.9 Å². The van der Waals surface area contributed by atoms with Gasteiger partial charge >= 0.3 is 0 Å². The molecule has 1 saturated heterocycles. The molecule has 33 heavy (non-hydrogen) atoms. The second-order valence-corrected chi connectivity index (χ2v) is 9.63. The van der Waals surface area contributed by atoms with Crippen molar-refractivity contribution in [1.82, 2.24) is 9.80 Å². The van der Waals surface area contributed by atoms with Crippen molar-refractivity contribution in [2.75, 3.05) is 26.2 Å². The van der Waals surface area contributed by atoms with Gasteiger partial charge in [-0.1, -0.05) is 76.6 Å². The van der Waals surface area contributed by atoms with Gasteiger partial charge < -0.3 is 9.64 Å². The van der Waals surface area contributed by atoms with Gasteiger partial charge in [0.2, 0.25) is 0 Å². The van der Waals surface area contributed by atoms with Crippen molar-refractivity contribution in [1.29, 1.82) is 0 Å². The van der Waals surface area contributed by atoms with Crippen molar-refractivity contribution in [3.8, 4) is 5.75 Å². The molecule has 3 aromatic carbocycles. The molecule has 3 aromatic rings. The molecule has 0 bridgehead atoms. The van der Waals surface area contributed by atoms with Gasteiger partial charge in [0.25, 0.3) is 5.91 Å². The predicted molar refractivity (Wildman–Crippen MR) is 137 cm³/mol. The number of hydrogen-bond donors (Lipinski definition) is 0. The zero-order valence-electron chi connectivity index (χ0n) is 19.5. The highest BCUT2D eigenvalue weighted by Gasteiger charge is 2.30. The molecule has 1 aliphatic rings. The topological polar surface area (TPSA) is 32.8 Å². The van der Waals surface area contributed by atoms with Crippen molar-refractivity contribution in [2.45, 2.75) is 32.9 Å². The van der Waals surface area contributed by atoms with Crippen LogP contribution in [0.4, 0.5) is 0 Å². The molecule has 172 valence electrons. The quantitative estimate of drug-likeness (QED) is 0.425. The number of nitrogens with zero attached hydrogens (tertiary/aromatic N) is 2. The monoisotopic (exact) mass is 506 g/mol. The summed E-state index contributed by atoms with van der Waals surface area (Å²) < 4.78 is 7.15. The molecular formula is C28H31BrN2O2. The van der Waals surface area contributed by atoms with E-state index in [9.17, 15) is 4.79 Å². The van der Waals surface area contributed by atoms with Crippen LogP contribution in [0.25, 0.3) is 0 Å². The number of rotatable bonds is 6. The van der Waals surface area contributed by atoms with E-state index >= 15 is 0 Å². The number of amides is 1. The number of aryl methyl sites for hydroxylation is 2. The molecule has 0 saturated carbocycles. The van der Waals surface area contributed by atoms with Crippen molar-refractivity contribution < 1.29 is 9.53 Å². The fourth-order valence-electron chi connectivity index (χ4n) is 4.65. The summed E-state index contributed by atoms with van der Waals surface area (Å²) in [4.78, 5) is 17.6. The standard InChI is InChI=1S/C28H31BrN2O2/c1-20-18-25(29)19-21(2)27(20)33-22(3)28(32)31-16-14-30(15-17-31)26(23-10-6-4-7-11-23)24-12-8-5-9-13-24/h4-13,18-19,22,26H,14-17H2,1-3H3. The number of carbonyl (C=O) groups is 1. The number of benzene rings is 3. The number of piperazine rings is 1. The summed E-state index contributed by atoms with van der Waals surface area (Å²) in [6.07, 6.45) is -0.519. The van der Waals surface area contributed by atoms with E-state index in [0.29, 0.717) is 13.1 Å². The smallest absolute Gasteiger partial charge is 0.263 e. The zero-order valence-corrected chi connectivity index (χ0v) is 21.1. The summed E-state index contributed by atoms with van der Waals surface area (Å²) in [7, 11) is 0. The number of ether oxygens (including phenoxy) is 1. The van der Waals surface area contributed by atoms with Crippen LogP contribution < -0.4 is 4.74 Å². The Morgan fingerprint density at radius 1 is 0.848 bits per heavy atom. The van der Waals surface area contributed by atoms with Crippen LogP contribution in [0.1, 0.15) is 35.2 Å². The Labute approximate surface area is 205 Å². The van der Waals surface area contributed by atoms with E-state index in [1.54, 1.807) is 0 Å². The largest absolute Gasteiger partial charge is 0.480 e. The third kappa shape index (κ3) is 5.48. The average molecular weight is 507 g/mol. The van der Waals surface area contributed by atoms with Gasteiger partial charge in [-0.25, -0.2) is 0 Å². The lowest BCUT2D eigenvalue weighted by atomic mass is 9.96. The molecule has 1 aliphatic heterocycles. The second kappa shape index (κ2) is 10.5. The van der Waals surface area contributed by atoms with Crippen molar-refractivity contribution in [3.05, 3.63) is 99.5 Å². The molecule has 1 heterocycles. The summed E-state index contributed by atoms with van der Waals surface area (Å²) >= 11 is 3.52. The third-order valence-corrected chi connectivity index (χ3v) is 6.75. The van der Waals surface area contributed by atoms with Crippen LogP contribution >= 0.6 is 15.9 Å². The lowest BCUT2D eigenvalue weighted by molar-refractivity contribution is -0.140. The third-order valence-electron chi connectivity index (χ3n) is 6.29. The molecule has 4 rings (SSSR count). The maximum atomic E-state index is 13.2. The van der Waals surface area contributed by atoms with Gasteiger partial charge in [0.1, 0.15) is 5.75 Å². The minimum absolute atomic E-state index is 0.0485. The molecule has 0 aliphatic carbocycles. The van der Waals surface area contributed by atoms with E-state index in [0.717, 1.165) is 34.4 Å². The normalized spacial score (nSPS) is 15.5. The first-order valence-corrected chi connectivity index (χ1v) is 12.3. The predicted octanol–water partition coefficient (Wildman–Crippen LogP) is 5.77. The zero-order chi connectivity index (χ0) is 23.4. The molecular weight excluding hydrogens is 476 g/mol. The Morgan fingerprint density at radius 2 is 1.33 bits per heavy atom. The molecule has 1 unspecified atom stereocenters. The molecule has 5 heteroatoms. The van der Waals surface area contributed by atoms with Crippen molar-refractivity contribution in [2.24, 2.45) is 0 Å². The SMILES string of the molecule is Cc1cc(Br)cc(C)c1OC(C)C(=O)N1CCN(C(c2ccccc2)c2ccccc2)CC1. The maximum Gasteiger partial charge on any atom is 0.263 e. The molecule has 0 radical (unpaired) electrons. The summed E-state index contributed by atoms with van der Waals surface area (Å²) in [5.74, 6) is 0.846. The minimum Gasteiger partial charge on any atom is -0.480 e. The fourth-order valence-corrected chi connectivity index (χ4v) is 5.34. The van der Waals surface area contributed by atoms with Crippen LogP contribution in [0.5, 0.6) is 5.75 Å². The van der Waals surface area contributed by atoms with E-state index < -0.39 is 6.10 Å². The number of carbonyl (C=O) groups excluding carboxylic acids is 1. The Hall–Kier alpha value is -2.63. The van der Waals surface area contributed by atoms with E-state index in [4.69, 9.17) is 4.74 Å². The van der Waals surface area contributed by atoms with E-state index in [2.05, 4.69) is 81.5 Å². The highest BCUT2D eigenvalue weighted by atomic mass is 79.9. The van der Waals surface area contributed by atoms with E-state index in [1.165, 1.54) is 11.1 Å². The molecule has 0 N–H and O–H groups in total. The van der Waals surface area contributed by atoms with Crippen LogP contribution in [0.3, 0.4) is 0 Å². The minimum atomic E-state index is -0.519. The average Bonchev–Trinajstić information content (AvgIpc) is 2.83. The summed E-state index contributed by atoms with van der Waals surface area (Å²) in [6, 6.07) is 25.5. The maximum absolute atomic E-state index is 13.2. The Balaban J connectivity index is 1.43. The molecule has 1 fully saturated rings. The van der Waals surface area contributed by atoms with Crippen LogP contribution in [0.2, 0.25) is 0 Å². The molecule has 4 nitrogen and oxygen atoms in total. The molecule has 0 spiro atoms. The van der Waals surface area contributed by atoms with Gasteiger partial charge in [0.05, 0.1) is 6.04 Å². The highest BCUT2D eigenvalue weighted by molar-refractivity contribution is 9.10. The van der Waals surface area contributed by atoms with Gasteiger partial charge in [0, 0.05) is 30.7 Å². The van der Waals surface area contributed by atoms with Gasteiger partial charge in [-0.3, -0.25) is 9.69 Å². The van der Waals surface area contributed by atoms with Crippen LogP contribution in [0, 0.1) is 13.8 Å². The lowest BCUT2D eigenvalue weighted by Gasteiger charge is -2.40. The van der Waals surface area contributed by atoms with Gasteiger partial charge in [-0.15, -0.1) is 0 Å². The van der Waals surface area contributed by atoms with Crippen molar-refractivity contribution in [3.63, 3.8) is 0 Å². The summed E-state index contributed by atoms with van der Waals surface area (Å²) in [5.41, 5.74) is 4.61. The van der Waals surface area contributed by atoms with Crippen molar-refractivity contribution >= 4 is 21.8 Å². The second-order valence-electron chi connectivity index (χ2n) is 8.71. The number of halogens is 1. The fraction of sp³-hybridized carbons (Fsp3) is 0.321. The van der Waals surface area contributed by atoms with Crippen LogP contribution in [-0.2, 0) is 4.79 Å². The first-order chi connectivity index (χ1) is 15.9. The van der Waals surface area contributed by atoms with Crippen LogP contribution in [-0.4, -0.2) is 48.0 Å². The Morgan fingerprint density at radius 3 is 1.82 bits per heavy atom. The van der Waals surface area contributed by atoms with Gasteiger partial charge in [-0.2, -0.15) is 0 Å². The van der Waals surface area contributed by atoms with Crippen LogP contribution in [0.15, 0.2) is 77.3 Å². The Bertz CT molecular complexity index is 1020. The molecule has 1 amide bonds. The number of hydrogen-bond acceptors (Lipinski definition) is 3. The van der Waals surface area contributed by atoms with E-state index in [1.807, 2.05) is 37.8 Å².